The first-order valence-corrected chi connectivity index (χ1v) is 11.9. The third kappa shape index (κ3) is 5.68. The Hall–Kier alpha value is -2.86. The largest absolute Gasteiger partial charge is 0.496 e. The second kappa shape index (κ2) is 11.1. The number of carbonyl (C=O) groups excluding carboxylic acids is 1. The molecule has 0 spiro atoms. The van der Waals surface area contributed by atoms with E-state index in [-0.39, 0.29) is 11.9 Å². The molecule has 0 saturated heterocycles. The van der Waals surface area contributed by atoms with E-state index in [9.17, 15) is 4.79 Å². The van der Waals surface area contributed by atoms with E-state index in [2.05, 4.69) is 33.8 Å². The van der Waals surface area contributed by atoms with Gasteiger partial charge in [-0.3, -0.25) is 4.79 Å². The van der Waals surface area contributed by atoms with Crippen LogP contribution < -0.4 is 9.47 Å². The lowest BCUT2D eigenvalue weighted by Gasteiger charge is -2.28. The zero-order chi connectivity index (χ0) is 23.1. The van der Waals surface area contributed by atoms with Crippen LogP contribution in [0.3, 0.4) is 0 Å². The molecule has 1 heterocycles. The Kier molecular flexibility index (Phi) is 8.28. The van der Waals surface area contributed by atoms with Crippen molar-refractivity contribution in [3.63, 3.8) is 0 Å². The molecular formula is C26H32N2O3S. The number of para-hydroxylation sites is 2. The van der Waals surface area contributed by atoms with Gasteiger partial charge in [-0.05, 0) is 43.0 Å². The summed E-state index contributed by atoms with van der Waals surface area (Å²) in [6, 6.07) is 15.5. The average molecular weight is 453 g/mol. The molecule has 1 aromatic heterocycles. The standard InChI is InChI=1S/C26H32N2O3S/c1-6-19(4)28(26(29)22-12-8-9-13-23(22)30-5)15-20-17-32-25(27-20)16-31-24-14-10-7-11-21(24)18(2)3/h7-14,17-19H,6,15-16H2,1-5H3/t19-/m0/s1. The van der Waals surface area contributed by atoms with Gasteiger partial charge in [-0.2, -0.15) is 0 Å². The lowest BCUT2D eigenvalue weighted by Crippen LogP contribution is -2.38. The Morgan fingerprint density at radius 2 is 1.75 bits per heavy atom. The van der Waals surface area contributed by atoms with E-state index in [1.165, 1.54) is 5.56 Å². The molecular weight excluding hydrogens is 420 g/mol. The van der Waals surface area contributed by atoms with Crippen LogP contribution in [0.25, 0.3) is 0 Å². The van der Waals surface area contributed by atoms with Crippen LogP contribution in [0.4, 0.5) is 0 Å². The van der Waals surface area contributed by atoms with Gasteiger partial charge < -0.3 is 14.4 Å². The third-order valence-electron chi connectivity index (χ3n) is 5.54. The van der Waals surface area contributed by atoms with Gasteiger partial charge in [-0.1, -0.05) is 51.1 Å². The van der Waals surface area contributed by atoms with Crippen LogP contribution in [0.5, 0.6) is 11.5 Å². The molecule has 32 heavy (non-hydrogen) atoms. The second-order valence-corrected chi connectivity index (χ2v) is 9.05. The highest BCUT2D eigenvalue weighted by atomic mass is 32.1. The minimum atomic E-state index is -0.0477. The maximum atomic E-state index is 13.3. The Balaban J connectivity index is 1.73. The fourth-order valence-electron chi connectivity index (χ4n) is 3.52. The monoisotopic (exact) mass is 452 g/mol. The number of nitrogens with zero attached hydrogens (tertiary/aromatic N) is 2. The second-order valence-electron chi connectivity index (χ2n) is 8.10. The van der Waals surface area contributed by atoms with Gasteiger partial charge in [0.25, 0.3) is 5.91 Å². The Morgan fingerprint density at radius 3 is 2.44 bits per heavy atom. The van der Waals surface area contributed by atoms with E-state index in [1.54, 1.807) is 18.4 Å². The molecule has 3 aromatic rings. The average Bonchev–Trinajstić information content (AvgIpc) is 3.27. The van der Waals surface area contributed by atoms with Gasteiger partial charge in [-0.25, -0.2) is 4.98 Å². The number of rotatable bonds is 10. The summed E-state index contributed by atoms with van der Waals surface area (Å²) in [5, 5.41) is 2.91. The van der Waals surface area contributed by atoms with Crippen LogP contribution in [-0.4, -0.2) is 28.9 Å². The van der Waals surface area contributed by atoms with Crippen molar-refractivity contribution < 1.29 is 14.3 Å². The zero-order valence-corrected chi connectivity index (χ0v) is 20.3. The summed E-state index contributed by atoms with van der Waals surface area (Å²) in [5.41, 5.74) is 2.63. The summed E-state index contributed by atoms with van der Waals surface area (Å²) in [4.78, 5) is 20.0. The predicted molar refractivity (Wildman–Crippen MR) is 130 cm³/mol. The van der Waals surface area contributed by atoms with Crippen LogP contribution in [0.15, 0.2) is 53.9 Å². The van der Waals surface area contributed by atoms with Crippen molar-refractivity contribution in [3.05, 3.63) is 75.7 Å². The summed E-state index contributed by atoms with van der Waals surface area (Å²) in [6.45, 7) is 9.33. The van der Waals surface area contributed by atoms with Crippen molar-refractivity contribution >= 4 is 17.2 Å². The van der Waals surface area contributed by atoms with Crippen LogP contribution in [0.1, 0.15) is 66.7 Å². The smallest absolute Gasteiger partial charge is 0.258 e. The van der Waals surface area contributed by atoms with Gasteiger partial charge in [-0.15, -0.1) is 11.3 Å². The number of hydrogen-bond acceptors (Lipinski definition) is 5. The molecule has 5 nitrogen and oxygen atoms in total. The molecule has 0 aliphatic heterocycles. The SMILES string of the molecule is CC[C@H](C)N(Cc1csc(COc2ccccc2C(C)C)n1)C(=O)c1ccccc1OC. The van der Waals surface area contributed by atoms with Crippen molar-refractivity contribution in [1.29, 1.82) is 0 Å². The Labute approximate surface area is 195 Å². The molecule has 0 N–H and O–H groups in total. The molecule has 0 aliphatic carbocycles. The van der Waals surface area contributed by atoms with Gasteiger partial charge in [0.15, 0.2) is 0 Å². The topological polar surface area (TPSA) is 51.7 Å². The summed E-state index contributed by atoms with van der Waals surface area (Å²) in [7, 11) is 1.59. The molecule has 3 rings (SSSR count). The zero-order valence-electron chi connectivity index (χ0n) is 19.5. The fraction of sp³-hybridized carbons (Fsp3) is 0.385. The normalized spacial score (nSPS) is 11.9. The summed E-state index contributed by atoms with van der Waals surface area (Å²) in [6.07, 6.45) is 0.854. The highest BCUT2D eigenvalue weighted by Gasteiger charge is 2.24. The highest BCUT2D eigenvalue weighted by Crippen LogP contribution is 2.27. The summed E-state index contributed by atoms with van der Waals surface area (Å²) >= 11 is 1.56. The number of amides is 1. The number of thiazole rings is 1. The molecule has 1 amide bonds. The van der Waals surface area contributed by atoms with Crippen LogP contribution in [0.2, 0.25) is 0 Å². The molecule has 2 aromatic carbocycles. The van der Waals surface area contributed by atoms with Crippen molar-refractivity contribution in [1.82, 2.24) is 9.88 Å². The van der Waals surface area contributed by atoms with Gasteiger partial charge in [0.05, 0.1) is 24.9 Å². The number of benzene rings is 2. The van der Waals surface area contributed by atoms with Crippen molar-refractivity contribution in [2.45, 2.75) is 59.2 Å². The summed E-state index contributed by atoms with van der Waals surface area (Å²) < 4.78 is 11.5. The van der Waals surface area contributed by atoms with E-state index in [0.29, 0.717) is 30.4 Å². The number of ether oxygens (including phenoxy) is 2. The Bertz CT molecular complexity index is 1030. The molecule has 0 aliphatic rings. The van der Waals surface area contributed by atoms with E-state index in [1.807, 2.05) is 52.7 Å². The minimum absolute atomic E-state index is 0.0477. The fourth-order valence-corrected chi connectivity index (χ4v) is 4.21. The summed E-state index contributed by atoms with van der Waals surface area (Å²) in [5.74, 6) is 1.82. The molecule has 0 bridgehead atoms. The third-order valence-corrected chi connectivity index (χ3v) is 6.42. The molecule has 0 saturated carbocycles. The maximum absolute atomic E-state index is 13.3. The van der Waals surface area contributed by atoms with Gasteiger partial charge >= 0.3 is 0 Å². The van der Waals surface area contributed by atoms with E-state index < -0.39 is 0 Å². The first-order valence-electron chi connectivity index (χ1n) is 11.0. The molecule has 1 atom stereocenters. The van der Waals surface area contributed by atoms with Crippen molar-refractivity contribution in [2.24, 2.45) is 0 Å². The van der Waals surface area contributed by atoms with Gasteiger partial charge in [0, 0.05) is 11.4 Å². The molecule has 0 radical (unpaired) electrons. The number of carbonyl (C=O) groups is 1. The first-order chi connectivity index (χ1) is 15.4. The lowest BCUT2D eigenvalue weighted by molar-refractivity contribution is 0.0665. The van der Waals surface area contributed by atoms with E-state index in [4.69, 9.17) is 14.5 Å². The van der Waals surface area contributed by atoms with Crippen LogP contribution in [0, 0.1) is 0 Å². The number of aromatic nitrogens is 1. The minimum Gasteiger partial charge on any atom is -0.496 e. The van der Waals surface area contributed by atoms with E-state index >= 15 is 0 Å². The first kappa shape index (κ1) is 23.8. The number of hydrogen-bond donors (Lipinski definition) is 0. The quantitative estimate of drug-likeness (QED) is 0.362. The van der Waals surface area contributed by atoms with Gasteiger partial charge in [0.2, 0.25) is 0 Å². The van der Waals surface area contributed by atoms with E-state index in [0.717, 1.165) is 22.9 Å². The van der Waals surface area contributed by atoms with Gasteiger partial charge in [0.1, 0.15) is 23.1 Å². The molecule has 6 heteroatoms. The predicted octanol–water partition coefficient (Wildman–Crippen LogP) is 6.30. The van der Waals surface area contributed by atoms with Crippen LogP contribution >= 0.6 is 11.3 Å². The van der Waals surface area contributed by atoms with Crippen LogP contribution in [-0.2, 0) is 13.2 Å². The highest BCUT2D eigenvalue weighted by molar-refractivity contribution is 7.09. The molecule has 170 valence electrons. The van der Waals surface area contributed by atoms with Crippen molar-refractivity contribution in [3.8, 4) is 11.5 Å². The lowest BCUT2D eigenvalue weighted by atomic mass is 10.0. The molecule has 0 fully saturated rings. The number of methoxy groups -OCH3 is 1. The molecule has 0 unspecified atom stereocenters. The maximum Gasteiger partial charge on any atom is 0.258 e. The Morgan fingerprint density at radius 1 is 1.06 bits per heavy atom. The van der Waals surface area contributed by atoms with Crippen molar-refractivity contribution in [2.75, 3.05) is 7.11 Å².